The van der Waals surface area contributed by atoms with E-state index in [4.69, 9.17) is 0 Å². The average Bonchev–Trinajstić information content (AvgIpc) is 2.66. The van der Waals surface area contributed by atoms with E-state index in [0.29, 0.717) is 11.6 Å². The summed E-state index contributed by atoms with van der Waals surface area (Å²) in [5.41, 5.74) is -0.794. The Morgan fingerprint density at radius 2 is 1.85 bits per heavy atom. The molecule has 5 nitrogen and oxygen atoms in total. The van der Waals surface area contributed by atoms with Gasteiger partial charge in [-0.2, -0.15) is 13.2 Å². The fourth-order valence-corrected chi connectivity index (χ4v) is 2.92. The van der Waals surface area contributed by atoms with E-state index >= 15 is 0 Å². The second-order valence-corrected chi connectivity index (χ2v) is 6.12. The van der Waals surface area contributed by atoms with Gasteiger partial charge in [-0.3, -0.25) is 4.79 Å². The Morgan fingerprint density at radius 3 is 2.58 bits per heavy atom. The van der Waals surface area contributed by atoms with Gasteiger partial charge in [0.15, 0.2) is 0 Å². The summed E-state index contributed by atoms with van der Waals surface area (Å²) in [7, 11) is 0. The predicted octanol–water partition coefficient (Wildman–Crippen LogP) is 3.42. The molecule has 2 aromatic rings. The molecule has 26 heavy (non-hydrogen) atoms. The van der Waals surface area contributed by atoms with Gasteiger partial charge in [0.05, 0.1) is 23.4 Å². The highest BCUT2D eigenvalue weighted by atomic mass is 19.4. The second-order valence-electron chi connectivity index (χ2n) is 6.12. The van der Waals surface area contributed by atoms with Crippen LogP contribution in [0.4, 0.5) is 19.1 Å². The summed E-state index contributed by atoms with van der Waals surface area (Å²) >= 11 is 0. The van der Waals surface area contributed by atoms with Crippen LogP contribution in [0, 0.1) is 0 Å². The molecule has 1 N–H and O–H groups in total. The van der Waals surface area contributed by atoms with Crippen molar-refractivity contribution in [2.24, 2.45) is 0 Å². The summed E-state index contributed by atoms with van der Waals surface area (Å²) in [4.78, 5) is 22.9. The lowest BCUT2D eigenvalue weighted by Crippen LogP contribution is -2.31. The number of aromatic nitrogens is 2. The number of halogens is 3. The molecule has 3 rings (SSSR count). The SMILES string of the molecule is O=C(NCc1ccnc(N2CCCCC2)n1)c1ccccc1C(F)(F)F. The number of nitrogens with zero attached hydrogens (tertiary/aromatic N) is 3. The van der Waals surface area contributed by atoms with Gasteiger partial charge in [0.1, 0.15) is 0 Å². The van der Waals surface area contributed by atoms with Crippen LogP contribution in [-0.2, 0) is 12.7 Å². The standard InChI is InChI=1S/C18H19F3N4O/c19-18(20,21)15-7-3-2-6-14(15)16(26)23-12-13-8-9-22-17(24-13)25-10-4-1-5-11-25/h2-3,6-9H,1,4-5,10-12H2,(H,23,26). The number of carbonyl (C=O) groups excluding carboxylic acids is 1. The highest BCUT2D eigenvalue weighted by molar-refractivity contribution is 5.95. The molecule has 0 aliphatic carbocycles. The number of nitrogens with one attached hydrogen (secondary N) is 1. The van der Waals surface area contributed by atoms with E-state index in [1.807, 2.05) is 0 Å². The van der Waals surface area contributed by atoms with E-state index in [0.717, 1.165) is 38.1 Å². The molecule has 1 saturated heterocycles. The van der Waals surface area contributed by atoms with E-state index in [1.165, 1.54) is 18.6 Å². The Labute approximate surface area is 149 Å². The molecule has 1 aromatic heterocycles. The zero-order valence-electron chi connectivity index (χ0n) is 14.1. The first-order valence-corrected chi connectivity index (χ1v) is 8.46. The van der Waals surface area contributed by atoms with Crippen molar-refractivity contribution in [3.05, 3.63) is 53.3 Å². The third-order valence-corrected chi connectivity index (χ3v) is 4.25. The fraction of sp³-hybridized carbons (Fsp3) is 0.389. The first-order chi connectivity index (χ1) is 12.4. The lowest BCUT2D eigenvalue weighted by molar-refractivity contribution is -0.137. The molecule has 0 unspecified atom stereocenters. The van der Waals surface area contributed by atoms with Gasteiger partial charge < -0.3 is 10.2 Å². The van der Waals surface area contributed by atoms with Crippen molar-refractivity contribution in [1.82, 2.24) is 15.3 Å². The number of anilines is 1. The molecule has 0 bridgehead atoms. The maximum Gasteiger partial charge on any atom is 0.417 e. The second kappa shape index (κ2) is 7.72. The Balaban J connectivity index is 1.69. The van der Waals surface area contributed by atoms with Gasteiger partial charge in [-0.25, -0.2) is 9.97 Å². The Morgan fingerprint density at radius 1 is 1.12 bits per heavy atom. The van der Waals surface area contributed by atoms with Crippen molar-refractivity contribution in [3.8, 4) is 0 Å². The van der Waals surface area contributed by atoms with Crippen molar-refractivity contribution in [3.63, 3.8) is 0 Å². The van der Waals surface area contributed by atoms with Gasteiger partial charge in [-0.1, -0.05) is 12.1 Å². The molecular weight excluding hydrogens is 345 g/mol. The molecule has 1 aliphatic rings. The molecule has 8 heteroatoms. The molecule has 1 amide bonds. The average molecular weight is 364 g/mol. The summed E-state index contributed by atoms with van der Waals surface area (Å²) in [6, 6.07) is 6.37. The zero-order chi connectivity index (χ0) is 18.6. The highest BCUT2D eigenvalue weighted by Gasteiger charge is 2.34. The van der Waals surface area contributed by atoms with Crippen LogP contribution in [0.2, 0.25) is 0 Å². The van der Waals surface area contributed by atoms with E-state index in [2.05, 4.69) is 20.2 Å². The summed E-state index contributed by atoms with van der Waals surface area (Å²) in [5.74, 6) is -0.191. The van der Waals surface area contributed by atoms with Crippen molar-refractivity contribution in [2.45, 2.75) is 32.0 Å². The molecule has 1 fully saturated rings. The molecule has 0 saturated carbocycles. The normalized spacial score (nSPS) is 15.0. The number of rotatable bonds is 4. The molecular formula is C18H19F3N4O. The number of benzene rings is 1. The predicted molar refractivity (Wildman–Crippen MR) is 90.7 cm³/mol. The molecule has 0 radical (unpaired) electrons. The van der Waals surface area contributed by atoms with Crippen molar-refractivity contribution >= 4 is 11.9 Å². The molecule has 1 aromatic carbocycles. The Kier molecular flexibility index (Phi) is 5.39. The van der Waals surface area contributed by atoms with Crippen molar-refractivity contribution in [2.75, 3.05) is 18.0 Å². The van der Waals surface area contributed by atoms with Crippen molar-refractivity contribution in [1.29, 1.82) is 0 Å². The van der Waals surface area contributed by atoms with Crippen LogP contribution in [0.15, 0.2) is 36.5 Å². The van der Waals surface area contributed by atoms with Crippen LogP contribution in [0.3, 0.4) is 0 Å². The van der Waals surface area contributed by atoms with E-state index in [1.54, 1.807) is 12.3 Å². The van der Waals surface area contributed by atoms with Crippen LogP contribution in [0.1, 0.15) is 40.9 Å². The van der Waals surface area contributed by atoms with Crippen LogP contribution < -0.4 is 10.2 Å². The zero-order valence-corrected chi connectivity index (χ0v) is 14.1. The maximum atomic E-state index is 13.0. The number of alkyl halides is 3. The first kappa shape index (κ1) is 18.2. The topological polar surface area (TPSA) is 58.1 Å². The molecule has 138 valence electrons. The molecule has 2 heterocycles. The van der Waals surface area contributed by atoms with Gasteiger partial charge in [0, 0.05) is 19.3 Å². The number of hydrogen-bond donors (Lipinski definition) is 1. The minimum absolute atomic E-state index is 0.0361. The summed E-state index contributed by atoms with van der Waals surface area (Å²) in [5, 5.41) is 2.51. The highest BCUT2D eigenvalue weighted by Crippen LogP contribution is 2.31. The number of hydrogen-bond acceptors (Lipinski definition) is 4. The number of carbonyl (C=O) groups is 1. The van der Waals surface area contributed by atoms with Crippen LogP contribution in [0.25, 0.3) is 0 Å². The third kappa shape index (κ3) is 4.30. The Hall–Kier alpha value is -2.64. The minimum atomic E-state index is -4.58. The monoisotopic (exact) mass is 364 g/mol. The number of piperidine rings is 1. The van der Waals surface area contributed by atoms with E-state index in [-0.39, 0.29) is 6.54 Å². The van der Waals surface area contributed by atoms with E-state index < -0.39 is 23.2 Å². The van der Waals surface area contributed by atoms with Gasteiger partial charge in [0.2, 0.25) is 5.95 Å². The summed E-state index contributed by atoms with van der Waals surface area (Å²) in [6.45, 7) is 1.80. The summed E-state index contributed by atoms with van der Waals surface area (Å²) < 4.78 is 39.1. The third-order valence-electron chi connectivity index (χ3n) is 4.25. The molecule has 0 atom stereocenters. The van der Waals surface area contributed by atoms with E-state index in [9.17, 15) is 18.0 Å². The minimum Gasteiger partial charge on any atom is -0.346 e. The number of amides is 1. The first-order valence-electron chi connectivity index (χ1n) is 8.46. The van der Waals surface area contributed by atoms with Gasteiger partial charge in [0.25, 0.3) is 5.91 Å². The van der Waals surface area contributed by atoms with Crippen LogP contribution in [-0.4, -0.2) is 29.0 Å². The smallest absolute Gasteiger partial charge is 0.346 e. The molecule has 0 spiro atoms. The van der Waals surface area contributed by atoms with Crippen LogP contribution in [0.5, 0.6) is 0 Å². The van der Waals surface area contributed by atoms with Crippen molar-refractivity contribution < 1.29 is 18.0 Å². The largest absolute Gasteiger partial charge is 0.417 e. The quantitative estimate of drug-likeness (QED) is 0.903. The van der Waals surface area contributed by atoms with Gasteiger partial charge in [-0.15, -0.1) is 0 Å². The van der Waals surface area contributed by atoms with Gasteiger partial charge in [-0.05, 0) is 37.5 Å². The Bertz CT molecular complexity index is 773. The molecule has 1 aliphatic heterocycles. The maximum absolute atomic E-state index is 13.0. The van der Waals surface area contributed by atoms with Crippen LogP contribution >= 0.6 is 0 Å². The van der Waals surface area contributed by atoms with Gasteiger partial charge >= 0.3 is 6.18 Å². The lowest BCUT2D eigenvalue weighted by Gasteiger charge is -2.26. The summed E-state index contributed by atoms with van der Waals surface area (Å²) in [6.07, 6.45) is 0.369. The lowest BCUT2D eigenvalue weighted by atomic mass is 10.1. The fourth-order valence-electron chi connectivity index (χ4n) is 2.92.